The molecule has 1 amide bonds. The number of Topliss-reactive ketones (excluding diaryl/α,β-unsaturated/α-hetero) is 1. The Kier molecular flexibility index (Phi) is 5.91. The van der Waals surface area contributed by atoms with Crippen molar-refractivity contribution in [2.45, 2.75) is 46.5 Å². The van der Waals surface area contributed by atoms with E-state index in [4.69, 9.17) is 23.2 Å². The number of dihydropyridines is 1. The number of nitrogens with one attached hydrogen (secondary N) is 2. The second-order valence-corrected chi connectivity index (χ2v) is 10.1. The number of pyridine rings is 1. The van der Waals surface area contributed by atoms with Crippen LogP contribution in [0, 0.1) is 12.3 Å². The van der Waals surface area contributed by atoms with E-state index >= 15 is 0 Å². The lowest BCUT2D eigenvalue weighted by molar-refractivity contribution is -0.118. The van der Waals surface area contributed by atoms with Gasteiger partial charge in [0.1, 0.15) is 5.82 Å². The third kappa shape index (κ3) is 4.32. The van der Waals surface area contributed by atoms with Gasteiger partial charge in [-0.3, -0.25) is 9.59 Å². The number of anilines is 1. The standard InChI is InChI=1S/C25H25Cl2N3O2/c1-13-5-8-20(28-12-13)30-24(32)21-14(2)29-18-10-25(3,4)11-19(31)23(18)22(21)16-7-6-15(26)9-17(16)27/h5-9,12,22,29H,10-11H2,1-4H3,(H,28,30,32)/t22-/m1/s1. The molecular weight excluding hydrogens is 445 g/mol. The van der Waals surface area contributed by atoms with Crippen molar-refractivity contribution in [3.05, 3.63) is 80.2 Å². The third-order valence-electron chi connectivity index (χ3n) is 5.91. The first-order valence-corrected chi connectivity index (χ1v) is 11.2. The number of hydrogen-bond donors (Lipinski definition) is 2. The number of amides is 1. The maximum atomic E-state index is 13.5. The van der Waals surface area contributed by atoms with Gasteiger partial charge in [-0.25, -0.2) is 4.98 Å². The largest absolute Gasteiger partial charge is 0.362 e. The second-order valence-electron chi connectivity index (χ2n) is 9.27. The highest BCUT2D eigenvalue weighted by atomic mass is 35.5. The molecule has 1 aromatic carbocycles. The molecule has 2 heterocycles. The van der Waals surface area contributed by atoms with Crippen molar-refractivity contribution in [1.29, 1.82) is 0 Å². The average molecular weight is 470 g/mol. The summed E-state index contributed by atoms with van der Waals surface area (Å²) in [5.74, 6) is -0.458. The molecule has 0 radical (unpaired) electrons. The maximum Gasteiger partial charge on any atom is 0.255 e. The van der Waals surface area contributed by atoms with Crippen molar-refractivity contribution < 1.29 is 9.59 Å². The molecule has 2 aromatic rings. The molecule has 1 atom stereocenters. The molecule has 1 aliphatic carbocycles. The van der Waals surface area contributed by atoms with Crippen LogP contribution in [0.15, 0.2) is 59.1 Å². The van der Waals surface area contributed by atoms with Crippen molar-refractivity contribution >= 4 is 40.7 Å². The summed E-state index contributed by atoms with van der Waals surface area (Å²) < 4.78 is 0. The fraction of sp³-hybridized carbons (Fsp3) is 0.320. The first kappa shape index (κ1) is 22.6. The van der Waals surface area contributed by atoms with Gasteiger partial charge in [-0.2, -0.15) is 0 Å². The molecule has 7 heteroatoms. The molecule has 2 aliphatic rings. The summed E-state index contributed by atoms with van der Waals surface area (Å²) in [6.07, 6.45) is 2.81. The predicted molar refractivity (Wildman–Crippen MR) is 128 cm³/mol. The fourth-order valence-corrected chi connectivity index (χ4v) is 5.03. The zero-order valence-electron chi connectivity index (χ0n) is 18.5. The molecular formula is C25H25Cl2N3O2. The molecule has 32 heavy (non-hydrogen) atoms. The van der Waals surface area contributed by atoms with Crippen molar-refractivity contribution in [2.24, 2.45) is 5.41 Å². The number of carbonyl (C=O) groups is 2. The van der Waals surface area contributed by atoms with Gasteiger partial charge in [-0.15, -0.1) is 0 Å². The van der Waals surface area contributed by atoms with Gasteiger partial charge in [0.25, 0.3) is 5.91 Å². The SMILES string of the molecule is CC1=C(C(=O)Nc2ccc(C)cn2)[C@@H](c2ccc(Cl)cc2Cl)C2=C(CC(C)(C)CC2=O)N1. The summed E-state index contributed by atoms with van der Waals surface area (Å²) in [6.45, 7) is 7.93. The molecule has 2 N–H and O–H groups in total. The number of allylic oxidation sites excluding steroid dienone is 3. The van der Waals surface area contributed by atoms with E-state index in [1.807, 2.05) is 19.9 Å². The van der Waals surface area contributed by atoms with Crippen LogP contribution in [0.5, 0.6) is 0 Å². The van der Waals surface area contributed by atoms with Crippen molar-refractivity contribution in [1.82, 2.24) is 10.3 Å². The minimum atomic E-state index is -0.593. The molecule has 0 fully saturated rings. The molecule has 4 rings (SSSR count). The van der Waals surface area contributed by atoms with E-state index in [2.05, 4.69) is 29.5 Å². The van der Waals surface area contributed by atoms with Gasteiger partial charge in [0.15, 0.2) is 5.78 Å². The van der Waals surface area contributed by atoms with E-state index in [1.54, 1.807) is 30.5 Å². The summed E-state index contributed by atoms with van der Waals surface area (Å²) in [5, 5.41) is 7.14. The van der Waals surface area contributed by atoms with Gasteiger partial charge in [0, 0.05) is 51.1 Å². The summed E-state index contributed by atoms with van der Waals surface area (Å²) >= 11 is 12.7. The number of ketones is 1. The van der Waals surface area contributed by atoms with Crippen molar-refractivity contribution in [3.8, 4) is 0 Å². The van der Waals surface area contributed by atoms with Gasteiger partial charge in [-0.1, -0.05) is 49.2 Å². The minimum Gasteiger partial charge on any atom is -0.362 e. The van der Waals surface area contributed by atoms with Crippen LogP contribution in [0.1, 0.15) is 50.7 Å². The summed E-state index contributed by atoms with van der Waals surface area (Å²) in [4.78, 5) is 31.1. The highest BCUT2D eigenvalue weighted by Gasteiger charge is 2.43. The van der Waals surface area contributed by atoms with E-state index in [9.17, 15) is 9.59 Å². The molecule has 0 saturated heterocycles. The van der Waals surface area contributed by atoms with Crippen LogP contribution in [0.2, 0.25) is 10.0 Å². The molecule has 0 spiro atoms. The van der Waals surface area contributed by atoms with Crippen molar-refractivity contribution in [2.75, 3.05) is 5.32 Å². The third-order valence-corrected chi connectivity index (χ3v) is 6.47. The number of carbonyl (C=O) groups excluding carboxylic acids is 2. The predicted octanol–water partition coefficient (Wildman–Crippen LogP) is 5.94. The Hall–Kier alpha value is -2.63. The van der Waals surface area contributed by atoms with Crippen LogP contribution < -0.4 is 10.6 Å². The fourth-order valence-electron chi connectivity index (χ4n) is 4.51. The molecule has 0 bridgehead atoms. The summed E-state index contributed by atoms with van der Waals surface area (Å²) in [7, 11) is 0. The van der Waals surface area contributed by atoms with Gasteiger partial charge in [0.2, 0.25) is 0 Å². The summed E-state index contributed by atoms with van der Waals surface area (Å²) in [5.41, 5.74) is 4.10. The Morgan fingerprint density at radius 1 is 1.16 bits per heavy atom. The summed E-state index contributed by atoms with van der Waals surface area (Å²) in [6, 6.07) is 8.80. The van der Waals surface area contributed by atoms with Crippen LogP contribution in [-0.4, -0.2) is 16.7 Å². The van der Waals surface area contributed by atoms with Gasteiger partial charge < -0.3 is 10.6 Å². The van der Waals surface area contributed by atoms with E-state index in [-0.39, 0.29) is 17.1 Å². The Bertz CT molecular complexity index is 1180. The van der Waals surface area contributed by atoms with Gasteiger partial charge in [-0.05, 0) is 55.0 Å². The highest BCUT2D eigenvalue weighted by Crippen LogP contribution is 2.48. The number of aromatic nitrogens is 1. The molecule has 0 saturated carbocycles. The molecule has 166 valence electrons. The topological polar surface area (TPSA) is 71.1 Å². The first-order valence-electron chi connectivity index (χ1n) is 10.5. The number of benzene rings is 1. The lowest BCUT2D eigenvalue weighted by atomic mass is 9.68. The van der Waals surface area contributed by atoms with Crippen LogP contribution in [0.25, 0.3) is 0 Å². The van der Waals surface area contributed by atoms with Gasteiger partial charge >= 0.3 is 0 Å². The highest BCUT2D eigenvalue weighted by molar-refractivity contribution is 6.35. The molecule has 1 aliphatic heterocycles. The van der Waals surface area contributed by atoms with E-state index in [0.29, 0.717) is 51.1 Å². The first-order chi connectivity index (χ1) is 15.1. The number of hydrogen-bond acceptors (Lipinski definition) is 4. The zero-order chi connectivity index (χ0) is 23.2. The van der Waals surface area contributed by atoms with Crippen LogP contribution in [0.4, 0.5) is 5.82 Å². The Morgan fingerprint density at radius 2 is 1.91 bits per heavy atom. The molecule has 1 aromatic heterocycles. The van der Waals surface area contributed by atoms with E-state index < -0.39 is 5.92 Å². The van der Waals surface area contributed by atoms with Crippen LogP contribution in [-0.2, 0) is 9.59 Å². The van der Waals surface area contributed by atoms with Crippen molar-refractivity contribution in [3.63, 3.8) is 0 Å². The molecule has 0 unspecified atom stereocenters. The maximum absolute atomic E-state index is 13.5. The van der Waals surface area contributed by atoms with Gasteiger partial charge in [0.05, 0.1) is 0 Å². The van der Waals surface area contributed by atoms with E-state index in [0.717, 1.165) is 11.3 Å². The lowest BCUT2D eigenvalue weighted by Gasteiger charge is -2.39. The normalized spacial score (nSPS) is 20.1. The smallest absolute Gasteiger partial charge is 0.255 e. The number of nitrogens with zero attached hydrogens (tertiary/aromatic N) is 1. The monoisotopic (exact) mass is 469 g/mol. The Balaban J connectivity index is 1.83. The Labute approximate surface area is 197 Å². The Morgan fingerprint density at radius 3 is 2.56 bits per heavy atom. The lowest BCUT2D eigenvalue weighted by Crippen LogP contribution is -2.39. The number of aryl methyl sites for hydroxylation is 1. The quantitative estimate of drug-likeness (QED) is 0.583. The average Bonchev–Trinajstić information content (AvgIpc) is 2.67. The second kappa shape index (κ2) is 8.38. The van der Waals surface area contributed by atoms with E-state index in [1.165, 1.54) is 0 Å². The van der Waals surface area contributed by atoms with Crippen LogP contribution in [0.3, 0.4) is 0 Å². The molecule has 5 nitrogen and oxygen atoms in total. The number of rotatable bonds is 3. The zero-order valence-corrected chi connectivity index (χ0v) is 20.0. The number of halogens is 2. The van der Waals surface area contributed by atoms with Crippen LogP contribution >= 0.6 is 23.2 Å². The minimum absolute atomic E-state index is 0.0195.